The van der Waals surface area contributed by atoms with E-state index in [1.165, 1.54) is 37.7 Å². The number of nitrogens with one attached hydrogen (secondary N) is 2. The predicted octanol–water partition coefficient (Wildman–Crippen LogP) is 2.74. The van der Waals surface area contributed by atoms with Crippen molar-refractivity contribution in [1.29, 1.82) is 0 Å². The number of H-pyrrole nitrogens is 1. The van der Waals surface area contributed by atoms with E-state index in [0.717, 1.165) is 5.56 Å². The van der Waals surface area contributed by atoms with E-state index in [1.54, 1.807) is 24.3 Å². The van der Waals surface area contributed by atoms with Crippen molar-refractivity contribution in [1.82, 2.24) is 15.3 Å². The first-order valence-corrected chi connectivity index (χ1v) is 8.95. The number of aromatic nitrogens is 2. The van der Waals surface area contributed by atoms with Crippen LogP contribution in [0.1, 0.15) is 23.6 Å². The van der Waals surface area contributed by atoms with Crippen LogP contribution in [0.15, 0.2) is 64.6 Å². The maximum Gasteiger partial charge on any atom is 0.290 e. The lowest BCUT2D eigenvalue weighted by atomic mass is 9.79. The van der Waals surface area contributed by atoms with E-state index in [-0.39, 0.29) is 23.2 Å². The van der Waals surface area contributed by atoms with Crippen LogP contribution in [0.25, 0.3) is 0 Å². The number of halogens is 2. The molecule has 0 bridgehead atoms. The summed E-state index contributed by atoms with van der Waals surface area (Å²) in [6.07, 6.45) is 2.97. The number of pyridine rings is 2. The highest BCUT2D eigenvalue weighted by Gasteiger charge is 2.45. The maximum atomic E-state index is 13.6. The van der Waals surface area contributed by atoms with E-state index >= 15 is 0 Å². The van der Waals surface area contributed by atoms with Gasteiger partial charge >= 0.3 is 0 Å². The van der Waals surface area contributed by atoms with Crippen LogP contribution >= 0.6 is 0 Å². The number of hydrogen-bond acceptors (Lipinski definition) is 5. The summed E-state index contributed by atoms with van der Waals surface area (Å²) < 4.78 is 32.1. The third kappa shape index (κ3) is 3.16. The summed E-state index contributed by atoms with van der Waals surface area (Å²) >= 11 is 0. The number of hydrogen-bond donors (Lipinski definition) is 2. The minimum atomic E-state index is -0.896. The zero-order chi connectivity index (χ0) is 20.6. The largest absolute Gasteiger partial charge is 0.491 e. The Morgan fingerprint density at radius 3 is 2.48 bits per heavy atom. The quantitative estimate of drug-likeness (QED) is 0.665. The lowest BCUT2D eigenvalue weighted by Gasteiger charge is -2.34. The van der Waals surface area contributed by atoms with Crippen molar-refractivity contribution in [3.8, 4) is 5.75 Å². The number of benzene rings is 1. The molecule has 0 unspecified atom stereocenters. The fourth-order valence-electron chi connectivity index (χ4n) is 3.63. The Morgan fingerprint density at radius 1 is 1.10 bits per heavy atom. The number of nitrogens with zero attached hydrogens (tertiary/aromatic N) is 2. The molecule has 2 aromatic heterocycles. The average Bonchev–Trinajstić information content (AvgIpc) is 3.07. The molecular formula is C21H18F2N4O2. The molecule has 2 atom stereocenters. The molecule has 0 spiro atoms. The lowest BCUT2D eigenvalue weighted by molar-refractivity contribution is 0.408. The topological polar surface area (TPSA) is 79.4 Å². The van der Waals surface area contributed by atoms with Crippen molar-refractivity contribution < 1.29 is 13.5 Å². The van der Waals surface area contributed by atoms with Crippen LogP contribution in [-0.4, -0.2) is 29.0 Å². The van der Waals surface area contributed by atoms with Gasteiger partial charge in [0, 0.05) is 23.5 Å². The Morgan fingerprint density at radius 2 is 1.83 bits per heavy atom. The summed E-state index contributed by atoms with van der Waals surface area (Å²) in [7, 11) is 1.41. The first-order chi connectivity index (χ1) is 13.9. The summed E-state index contributed by atoms with van der Waals surface area (Å²) in [6, 6.07) is 10.2. The third-order valence-corrected chi connectivity index (χ3v) is 5.11. The van der Waals surface area contributed by atoms with E-state index in [1.807, 2.05) is 6.92 Å². The highest BCUT2D eigenvalue weighted by molar-refractivity contribution is 6.01. The van der Waals surface area contributed by atoms with Crippen molar-refractivity contribution in [2.75, 3.05) is 7.11 Å². The number of methoxy groups -OCH3 is 1. The van der Waals surface area contributed by atoms with Crippen molar-refractivity contribution in [3.63, 3.8) is 0 Å². The van der Waals surface area contributed by atoms with Gasteiger partial charge in [-0.1, -0.05) is 18.2 Å². The summed E-state index contributed by atoms with van der Waals surface area (Å²) in [5.74, 6) is -0.290. The number of rotatable bonds is 4. The monoisotopic (exact) mass is 396 g/mol. The Bertz CT molecular complexity index is 1080. The molecule has 148 valence electrons. The highest BCUT2D eigenvalue weighted by Crippen LogP contribution is 2.38. The molecule has 0 saturated carbocycles. The molecule has 0 saturated heterocycles. The molecule has 29 heavy (non-hydrogen) atoms. The molecule has 3 heterocycles. The van der Waals surface area contributed by atoms with Crippen LogP contribution < -0.4 is 15.6 Å². The summed E-state index contributed by atoms with van der Waals surface area (Å²) in [5.41, 5.74) is 0.790. The number of ether oxygens (including phenoxy) is 1. The van der Waals surface area contributed by atoms with E-state index in [0.29, 0.717) is 17.0 Å². The molecular weight excluding hydrogens is 378 g/mol. The van der Waals surface area contributed by atoms with Crippen molar-refractivity contribution >= 4 is 5.84 Å². The Balaban J connectivity index is 1.84. The molecule has 2 N–H and O–H groups in total. The minimum Gasteiger partial charge on any atom is -0.491 e. The van der Waals surface area contributed by atoms with Crippen molar-refractivity contribution in [2.24, 2.45) is 4.99 Å². The van der Waals surface area contributed by atoms with Crippen molar-refractivity contribution in [3.05, 3.63) is 93.7 Å². The van der Waals surface area contributed by atoms with E-state index in [9.17, 15) is 13.6 Å². The Kier molecular flexibility index (Phi) is 4.62. The zero-order valence-corrected chi connectivity index (χ0v) is 15.7. The molecule has 3 aromatic rings. The molecule has 4 rings (SSSR count). The van der Waals surface area contributed by atoms with Gasteiger partial charge in [0.1, 0.15) is 17.2 Å². The molecule has 0 radical (unpaired) electrons. The van der Waals surface area contributed by atoms with Crippen LogP contribution in [0, 0.1) is 11.8 Å². The second-order valence-electron chi connectivity index (χ2n) is 6.75. The van der Waals surface area contributed by atoms with Crippen LogP contribution in [-0.2, 0) is 5.54 Å². The van der Waals surface area contributed by atoms with Gasteiger partial charge in [-0.3, -0.25) is 9.79 Å². The minimum absolute atomic E-state index is 0.155. The van der Waals surface area contributed by atoms with Gasteiger partial charge < -0.3 is 15.0 Å². The van der Waals surface area contributed by atoms with Crippen LogP contribution in [0.5, 0.6) is 5.75 Å². The second-order valence-corrected chi connectivity index (χ2v) is 6.75. The summed E-state index contributed by atoms with van der Waals surface area (Å²) in [6.45, 7) is 1.90. The number of aromatic amines is 1. The summed E-state index contributed by atoms with van der Waals surface area (Å²) in [5, 5.41) is 3.40. The fourth-order valence-corrected chi connectivity index (χ4v) is 3.63. The molecule has 6 nitrogen and oxygen atoms in total. The number of aliphatic imine (C=N–C) groups is 1. The van der Waals surface area contributed by atoms with Crippen LogP contribution in [0.3, 0.4) is 0 Å². The SMILES string of the molecule is COc1cc(C2=N[C@@H](C)[C@](c3ccc(F)cc3)(c3ccc(F)nc3)N2)c[nH]c1=O. The first kappa shape index (κ1) is 18.8. The van der Waals surface area contributed by atoms with E-state index < -0.39 is 11.5 Å². The third-order valence-electron chi connectivity index (χ3n) is 5.11. The molecule has 0 fully saturated rings. The molecule has 0 amide bonds. The molecule has 0 aliphatic carbocycles. The van der Waals surface area contributed by atoms with Crippen molar-refractivity contribution in [2.45, 2.75) is 18.5 Å². The molecule has 8 heteroatoms. The van der Waals surface area contributed by atoms with Gasteiger partial charge in [0.15, 0.2) is 5.75 Å². The normalized spacial score (nSPS) is 20.8. The predicted molar refractivity (Wildman–Crippen MR) is 104 cm³/mol. The van der Waals surface area contributed by atoms with Gasteiger partial charge in [-0.2, -0.15) is 4.39 Å². The molecule has 1 aromatic carbocycles. The van der Waals surface area contributed by atoms with Gasteiger partial charge in [-0.15, -0.1) is 0 Å². The Labute approximate surface area is 165 Å². The van der Waals surface area contributed by atoms with Gasteiger partial charge in [-0.05, 0) is 36.8 Å². The maximum absolute atomic E-state index is 13.6. The van der Waals surface area contributed by atoms with Gasteiger partial charge in [0.2, 0.25) is 5.95 Å². The molecule has 1 aliphatic rings. The standard InChI is InChI=1S/C21H18F2N4O2/c1-12-21(14-3-6-16(22)7-4-14,15-5-8-18(23)24-11-15)27-19(26-12)13-9-17(29-2)20(28)25-10-13/h3-12H,1-2H3,(H,25,28)(H,26,27)/t12-,21-/m0/s1. The van der Waals surface area contributed by atoms with Crippen LogP contribution in [0.2, 0.25) is 0 Å². The van der Waals surface area contributed by atoms with Gasteiger partial charge in [0.05, 0.1) is 13.2 Å². The first-order valence-electron chi connectivity index (χ1n) is 8.95. The smallest absolute Gasteiger partial charge is 0.290 e. The highest BCUT2D eigenvalue weighted by atomic mass is 19.1. The second kappa shape index (κ2) is 7.12. The number of amidine groups is 1. The fraction of sp³-hybridized carbons (Fsp3) is 0.190. The van der Waals surface area contributed by atoms with Gasteiger partial charge in [0.25, 0.3) is 5.56 Å². The molecule has 1 aliphatic heterocycles. The Hall–Kier alpha value is -3.55. The zero-order valence-electron chi connectivity index (χ0n) is 15.7. The summed E-state index contributed by atoms with van der Waals surface area (Å²) in [4.78, 5) is 22.9. The van der Waals surface area contributed by atoms with E-state index in [4.69, 9.17) is 9.73 Å². The van der Waals surface area contributed by atoms with Crippen LogP contribution in [0.4, 0.5) is 8.78 Å². The lowest BCUT2D eigenvalue weighted by Crippen LogP contribution is -2.48. The van der Waals surface area contributed by atoms with Gasteiger partial charge in [-0.25, -0.2) is 9.37 Å². The average molecular weight is 396 g/mol. The van der Waals surface area contributed by atoms with E-state index in [2.05, 4.69) is 15.3 Å².